The first-order chi connectivity index (χ1) is 50.2. The molecule has 610 valence electrons. The van der Waals surface area contributed by atoms with Crippen LogP contribution in [-0.4, -0.2) is 195 Å². The number of rotatable bonds is 35. The number of unbranched alkanes of at least 4 members (excludes halogenated alkanes) is 6. The molecule has 0 bridgehead atoms. The van der Waals surface area contributed by atoms with Crippen LogP contribution in [0.1, 0.15) is 238 Å². The van der Waals surface area contributed by atoms with Gasteiger partial charge in [-0.3, -0.25) is 62.3 Å². The van der Waals surface area contributed by atoms with Gasteiger partial charge in [0.1, 0.15) is 78.5 Å². The van der Waals surface area contributed by atoms with Crippen LogP contribution in [0.2, 0.25) is 0 Å². The lowest BCUT2D eigenvalue weighted by molar-refractivity contribution is -0.137. The van der Waals surface area contributed by atoms with Crippen LogP contribution in [0.15, 0.2) is 0 Å². The molecule has 0 aromatic carbocycles. The second kappa shape index (κ2) is 53.6. The third-order valence-electron chi connectivity index (χ3n) is 19.5. The van der Waals surface area contributed by atoms with Crippen molar-refractivity contribution in [3.05, 3.63) is 0 Å². The Labute approximate surface area is 631 Å². The Hall–Kier alpha value is -7.13. The molecule has 25 N–H and O–H groups in total. The molecule has 1 fully saturated rings. The van der Waals surface area contributed by atoms with Crippen LogP contribution in [0.25, 0.3) is 0 Å². The van der Waals surface area contributed by atoms with Crippen LogP contribution < -0.4 is 104 Å². The Balaban J connectivity index is 4.43. The normalized spacial score (nSPS) is 26.0. The first-order valence-electron chi connectivity index (χ1n) is 39.4. The van der Waals surface area contributed by atoms with Gasteiger partial charge in [0.25, 0.3) is 0 Å². The minimum Gasteiger partial charge on any atom is -0.343 e. The molecule has 1 aliphatic heterocycles. The molecule has 1 rings (SSSR count). The summed E-state index contributed by atoms with van der Waals surface area (Å²) in [5.74, 6) is -12.4. The van der Waals surface area contributed by atoms with Crippen molar-refractivity contribution in [1.29, 1.82) is 0 Å². The zero-order valence-corrected chi connectivity index (χ0v) is 66.2. The lowest BCUT2D eigenvalue weighted by atomic mass is 9.94. The van der Waals surface area contributed by atoms with E-state index in [0.29, 0.717) is 96.3 Å². The molecular weight excluding hydrogens is 1360 g/mol. The molecule has 32 nitrogen and oxygen atoms in total. The maximum atomic E-state index is 14.8. The predicted octanol–water partition coefficient (Wildman–Crippen LogP) is -0.0172. The molecule has 1 heterocycles. The van der Waals surface area contributed by atoms with E-state index in [2.05, 4.69) is 69.1 Å². The van der Waals surface area contributed by atoms with E-state index in [0.717, 1.165) is 0 Å². The van der Waals surface area contributed by atoms with Gasteiger partial charge >= 0.3 is 0 Å². The van der Waals surface area contributed by atoms with E-state index in [1.807, 2.05) is 41.5 Å². The molecule has 1 aliphatic rings. The third-order valence-corrected chi connectivity index (χ3v) is 19.5. The highest BCUT2D eigenvalue weighted by molar-refractivity contribution is 6.00. The number of nitrogens with one attached hydrogen (secondary N) is 13. The number of carbonyl (C=O) groups is 13. The van der Waals surface area contributed by atoms with Crippen LogP contribution in [0, 0.1) is 35.5 Å². The van der Waals surface area contributed by atoms with E-state index in [1.165, 1.54) is 6.92 Å². The minimum atomic E-state index is -1.32. The number of nitrogens with two attached hydrogens (primary N) is 6. The van der Waals surface area contributed by atoms with Gasteiger partial charge in [-0.15, -0.1) is 0 Å². The molecule has 0 aromatic heterocycles. The molecule has 32 heteroatoms. The van der Waals surface area contributed by atoms with Crippen LogP contribution in [-0.2, 0) is 62.3 Å². The largest absolute Gasteiger partial charge is 0.343 e. The molecular formula is C74H141N19O13. The average Bonchev–Trinajstić information content (AvgIpc) is 0.843. The molecule has 0 aromatic rings. The van der Waals surface area contributed by atoms with Crippen molar-refractivity contribution >= 4 is 76.8 Å². The molecule has 106 heavy (non-hydrogen) atoms. The van der Waals surface area contributed by atoms with E-state index in [4.69, 9.17) is 34.4 Å². The fourth-order valence-electron chi connectivity index (χ4n) is 12.2. The summed E-state index contributed by atoms with van der Waals surface area (Å²) in [6, 6.07) is -16.7. The topological polar surface area (TPSA) is 534 Å². The summed E-state index contributed by atoms with van der Waals surface area (Å²) < 4.78 is 0. The van der Waals surface area contributed by atoms with Crippen LogP contribution in [0.3, 0.4) is 0 Å². The molecule has 0 radical (unpaired) electrons. The highest BCUT2D eigenvalue weighted by atomic mass is 16.2. The fourth-order valence-corrected chi connectivity index (χ4v) is 12.2. The quantitative estimate of drug-likeness (QED) is 0.0371. The lowest BCUT2D eigenvalue weighted by Gasteiger charge is -2.32. The second-order valence-electron chi connectivity index (χ2n) is 30.0. The van der Waals surface area contributed by atoms with Crippen molar-refractivity contribution in [2.75, 3.05) is 39.3 Å². The average molecular weight is 1510 g/mol. The zero-order valence-electron chi connectivity index (χ0n) is 66.2. The van der Waals surface area contributed by atoms with Crippen LogP contribution in [0.4, 0.5) is 0 Å². The van der Waals surface area contributed by atoms with E-state index in [-0.39, 0.29) is 102 Å². The van der Waals surface area contributed by atoms with Crippen molar-refractivity contribution in [2.45, 2.75) is 316 Å². The molecule has 16 unspecified atom stereocenters. The monoisotopic (exact) mass is 1500 g/mol. The van der Waals surface area contributed by atoms with Gasteiger partial charge in [0.2, 0.25) is 76.8 Å². The maximum Gasteiger partial charge on any atom is 0.243 e. The first kappa shape index (κ1) is 96.9. The highest BCUT2D eigenvalue weighted by Crippen LogP contribution is 2.19. The maximum absolute atomic E-state index is 14.8. The van der Waals surface area contributed by atoms with Gasteiger partial charge in [0.15, 0.2) is 0 Å². The zero-order chi connectivity index (χ0) is 80.2. The molecule has 0 aliphatic carbocycles. The van der Waals surface area contributed by atoms with Crippen molar-refractivity contribution < 1.29 is 62.3 Å². The molecule has 1 saturated heterocycles. The summed E-state index contributed by atoms with van der Waals surface area (Å²) in [4.78, 5) is 190. The van der Waals surface area contributed by atoms with Gasteiger partial charge in [-0.05, 0) is 210 Å². The minimum absolute atomic E-state index is 0.0523. The number of carbonyl (C=O) groups excluding carboxylic acids is 13. The van der Waals surface area contributed by atoms with Gasteiger partial charge in [-0.1, -0.05) is 102 Å². The summed E-state index contributed by atoms with van der Waals surface area (Å²) in [7, 11) is 0. The molecule has 13 amide bonds. The van der Waals surface area contributed by atoms with Crippen molar-refractivity contribution in [2.24, 2.45) is 69.9 Å². The highest BCUT2D eigenvalue weighted by Gasteiger charge is 2.40. The van der Waals surface area contributed by atoms with Gasteiger partial charge in [-0.2, -0.15) is 0 Å². The third kappa shape index (κ3) is 36.2. The van der Waals surface area contributed by atoms with Crippen LogP contribution >= 0.6 is 0 Å². The summed E-state index contributed by atoms with van der Waals surface area (Å²) in [6.07, 6.45) is 6.46. The Kier molecular flexibility index (Phi) is 49.0. The summed E-state index contributed by atoms with van der Waals surface area (Å²) in [5.41, 5.74) is 35.4. The van der Waals surface area contributed by atoms with E-state index in [9.17, 15) is 62.3 Å². The van der Waals surface area contributed by atoms with Gasteiger partial charge in [0.05, 0.1) is 0 Å². The second-order valence-corrected chi connectivity index (χ2v) is 30.0. The Morgan fingerprint density at radius 3 is 0.689 bits per heavy atom. The standard InChI is InChI=1S/C74H141N19O13/c1-14-46(10)59-73(105)89-57(42-44(6)7)70(102)85-50(29-17-23-35-75)63(95)81-49(13)62(94)82-51(30-18-24-36-76)64(96)83-55(34-22-28-40-80)68(100)92-61(48(12)16-3)74(106)90-58(45(8)9)71(103)93-60(47(11)15-2)72(104)87-53(32-20-26-38-78)66(98)88-56(41-43(4)5)69(101)86-52(31-19-25-37-77)65(97)84-54(67(99)91-59)33-21-27-39-79/h43-61H,14-42,75-80H2,1-13H3,(H,81,95)(H,82,94)(H,83,96)(H,84,97)(H,85,102)(H,86,101)(H,87,104)(H,88,98)(H,89,105)(H,90,106)(H,91,99)(H,92,100)(H,93,103). The van der Waals surface area contributed by atoms with Gasteiger partial charge < -0.3 is 104 Å². The summed E-state index contributed by atoms with van der Waals surface area (Å²) >= 11 is 0. The van der Waals surface area contributed by atoms with Gasteiger partial charge in [0, 0.05) is 0 Å². The lowest BCUT2D eigenvalue weighted by Crippen LogP contribution is -2.62. The van der Waals surface area contributed by atoms with Crippen molar-refractivity contribution in [3.63, 3.8) is 0 Å². The number of hydrogen-bond donors (Lipinski definition) is 19. The fraction of sp³-hybridized carbons (Fsp3) is 0.824. The predicted molar refractivity (Wildman–Crippen MR) is 410 cm³/mol. The Bertz CT molecular complexity index is 2710. The Morgan fingerprint density at radius 1 is 0.245 bits per heavy atom. The summed E-state index contributed by atoms with van der Waals surface area (Å²) in [6.45, 7) is 24.3. The van der Waals surface area contributed by atoms with E-state index in [1.54, 1.807) is 41.5 Å². The SMILES string of the molecule is CCC(C)C1NC(=O)C(CCCCN)NC(=O)C(CCCCN)NC(=O)C(CC(C)C)NC(=O)C(CCCCN)NC(=O)C(C(C)CC)NC(=O)C(C(C)C)NC(=O)C(C(C)CC)NC(=O)C(CCCCN)NC(=O)C(CCCCN)NC(=O)C(C)NC(=O)C(CCCCN)NC(=O)C(CC(C)C)NC1=O. The molecule has 0 saturated carbocycles. The van der Waals surface area contributed by atoms with Crippen molar-refractivity contribution in [1.82, 2.24) is 69.1 Å². The first-order valence-corrected chi connectivity index (χ1v) is 39.4. The van der Waals surface area contributed by atoms with E-state index < -0.39 is 179 Å². The number of hydrogen-bond acceptors (Lipinski definition) is 19. The summed E-state index contributed by atoms with van der Waals surface area (Å²) in [5, 5.41) is 36.5. The van der Waals surface area contributed by atoms with Gasteiger partial charge in [-0.25, -0.2) is 0 Å². The van der Waals surface area contributed by atoms with Crippen molar-refractivity contribution in [3.8, 4) is 0 Å². The number of amides is 13. The smallest absolute Gasteiger partial charge is 0.243 e. The molecule has 16 atom stereocenters. The van der Waals surface area contributed by atoms with Crippen LogP contribution in [0.5, 0.6) is 0 Å². The Morgan fingerprint density at radius 2 is 0.434 bits per heavy atom. The van der Waals surface area contributed by atoms with E-state index >= 15 is 0 Å². The molecule has 0 spiro atoms.